The van der Waals surface area contributed by atoms with Gasteiger partial charge in [0.15, 0.2) is 0 Å². The molecule has 0 amide bonds. The van der Waals surface area contributed by atoms with Gasteiger partial charge in [-0.1, -0.05) is 41.9 Å². The highest BCUT2D eigenvalue weighted by Crippen LogP contribution is 2.26. The van der Waals surface area contributed by atoms with E-state index in [2.05, 4.69) is 43.8 Å². The first-order chi connectivity index (χ1) is 16.0. The molecular formula is C25H30N6O2. The highest BCUT2D eigenvalue weighted by Gasteiger charge is 2.24. The minimum atomic E-state index is 0.0652. The highest BCUT2D eigenvalue weighted by atomic mass is 16.6. The van der Waals surface area contributed by atoms with Gasteiger partial charge in [0.2, 0.25) is 11.8 Å². The molecule has 1 aliphatic rings. The lowest BCUT2D eigenvalue weighted by Gasteiger charge is -2.32. The highest BCUT2D eigenvalue weighted by molar-refractivity contribution is 5.98. The van der Waals surface area contributed by atoms with Crippen molar-refractivity contribution in [1.82, 2.24) is 19.9 Å². The molecule has 0 atom stereocenters. The normalized spacial score (nSPS) is 14.9. The first-order valence-electron chi connectivity index (χ1n) is 11.4. The molecule has 1 saturated heterocycles. The molecule has 0 bridgehead atoms. The maximum atomic E-state index is 6.21. The van der Waals surface area contributed by atoms with Crippen LogP contribution in [0.15, 0.2) is 48.1 Å². The average Bonchev–Trinajstić information content (AvgIpc) is 2.85. The van der Waals surface area contributed by atoms with Crippen LogP contribution in [0.3, 0.4) is 0 Å². The van der Waals surface area contributed by atoms with E-state index >= 15 is 0 Å². The number of oxime groups is 1. The summed E-state index contributed by atoms with van der Waals surface area (Å²) in [6.07, 6.45) is 7.99. The van der Waals surface area contributed by atoms with Crippen LogP contribution < -0.4 is 14.5 Å². The second-order valence-electron chi connectivity index (χ2n) is 8.29. The zero-order chi connectivity index (χ0) is 23.2. The van der Waals surface area contributed by atoms with E-state index < -0.39 is 0 Å². The number of piperidine rings is 1. The Balaban J connectivity index is 1.36. The van der Waals surface area contributed by atoms with Crippen LogP contribution in [0.5, 0.6) is 11.8 Å². The molecule has 33 heavy (non-hydrogen) atoms. The van der Waals surface area contributed by atoms with Crippen molar-refractivity contribution in [1.29, 1.82) is 0 Å². The lowest BCUT2D eigenvalue weighted by atomic mass is 10.1. The first kappa shape index (κ1) is 22.6. The fourth-order valence-corrected chi connectivity index (χ4v) is 3.61. The molecule has 4 rings (SSSR count). The number of nitrogens with zero attached hydrogens (tertiary/aromatic N) is 6. The van der Waals surface area contributed by atoms with Crippen LogP contribution >= 0.6 is 0 Å². The fraction of sp³-hybridized carbons (Fsp3) is 0.400. The van der Waals surface area contributed by atoms with Crippen molar-refractivity contribution in [3.63, 3.8) is 0 Å². The molecule has 8 heteroatoms. The summed E-state index contributed by atoms with van der Waals surface area (Å²) in [5.74, 6) is 1.71. The van der Waals surface area contributed by atoms with Gasteiger partial charge in [-0.15, -0.1) is 0 Å². The number of hydrogen-bond donors (Lipinski definition) is 0. The molecule has 3 aromatic rings. The van der Waals surface area contributed by atoms with Crippen LogP contribution in [0, 0.1) is 13.8 Å². The summed E-state index contributed by atoms with van der Waals surface area (Å²) in [7, 11) is 0. The molecule has 0 N–H and O–H groups in total. The minimum Gasteiger partial charge on any atom is -0.474 e. The van der Waals surface area contributed by atoms with E-state index in [0.29, 0.717) is 11.8 Å². The minimum absolute atomic E-state index is 0.0652. The van der Waals surface area contributed by atoms with E-state index in [0.717, 1.165) is 60.7 Å². The Morgan fingerprint density at radius 1 is 1.00 bits per heavy atom. The van der Waals surface area contributed by atoms with Crippen LogP contribution in [0.1, 0.15) is 48.9 Å². The number of hydrogen-bond acceptors (Lipinski definition) is 8. The van der Waals surface area contributed by atoms with Crippen molar-refractivity contribution >= 4 is 11.7 Å². The Bertz CT molecular complexity index is 1090. The maximum absolute atomic E-state index is 6.21. The van der Waals surface area contributed by atoms with Crippen LogP contribution in [0.2, 0.25) is 0 Å². The average molecular weight is 447 g/mol. The topological polar surface area (TPSA) is 85.6 Å². The molecule has 2 aromatic heterocycles. The molecule has 1 aromatic carbocycles. The third-order valence-electron chi connectivity index (χ3n) is 5.83. The zero-order valence-corrected chi connectivity index (χ0v) is 19.7. The smallest absolute Gasteiger partial charge is 0.258 e. The molecule has 8 nitrogen and oxygen atoms in total. The van der Waals surface area contributed by atoms with Crippen molar-refractivity contribution in [2.45, 2.75) is 53.1 Å². The van der Waals surface area contributed by atoms with Gasteiger partial charge < -0.3 is 14.5 Å². The van der Waals surface area contributed by atoms with E-state index in [-0.39, 0.29) is 6.10 Å². The van der Waals surface area contributed by atoms with Gasteiger partial charge in [-0.25, -0.2) is 15.0 Å². The second kappa shape index (κ2) is 10.4. The van der Waals surface area contributed by atoms with E-state index in [1.54, 1.807) is 0 Å². The lowest BCUT2D eigenvalue weighted by molar-refractivity contribution is 0.160. The monoisotopic (exact) mass is 446 g/mol. The van der Waals surface area contributed by atoms with Gasteiger partial charge in [-0.3, -0.25) is 0 Å². The zero-order valence-electron chi connectivity index (χ0n) is 19.7. The first-order valence-corrected chi connectivity index (χ1v) is 11.4. The van der Waals surface area contributed by atoms with Crippen molar-refractivity contribution in [2.24, 2.45) is 5.16 Å². The Kier molecular flexibility index (Phi) is 7.12. The van der Waals surface area contributed by atoms with Crippen molar-refractivity contribution < 1.29 is 9.57 Å². The van der Waals surface area contributed by atoms with E-state index in [1.165, 1.54) is 11.9 Å². The number of aromatic nitrogens is 4. The molecule has 172 valence electrons. The molecule has 0 saturated carbocycles. The van der Waals surface area contributed by atoms with Gasteiger partial charge in [0.05, 0.1) is 11.3 Å². The Hall–Kier alpha value is -3.55. The van der Waals surface area contributed by atoms with E-state index in [1.807, 2.05) is 50.5 Å². The summed E-state index contributed by atoms with van der Waals surface area (Å²) in [5, 5.41) is 4.25. The van der Waals surface area contributed by atoms with Gasteiger partial charge in [0, 0.05) is 38.3 Å². The summed E-state index contributed by atoms with van der Waals surface area (Å²) in [5.41, 5.74) is 4.86. The van der Waals surface area contributed by atoms with Crippen molar-refractivity contribution in [2.75, 3.05) is 18.0 Å². The molecule has 1 aliphatic heterocycles. The molecule has 0 unspecified atom stereocenters. The van der Waals surface area contributed by atoms with Gasteiger partial charge in [-0.05, 0) is 38.3 Å². The van der Waals surface area contributed by atoms with Crippen molar-refractivity contribution in [3.05, 3.63) is 65.2 Å². The molecule has 0 aliphatic carbocycles. The molecule has 0 spiro atoms. The number of rotatable bonds is 7. The number of benzene rings is 1. The molecule has 3 heterocycles. The van der Waals surface area contributed by atoms with Crippen LogP contribution in [0.25, 0.3) is 0 Å². The van der Waals surface area contributed by atoms with Gasteiger partial charge in [-0.2, -0.15) is 4.98 Å². The number of anilines is 1. The predicted octanol–water partition coefficient (Wildman–Crippen LogP) is 4.30. The SMILES string of the molecule is CCc1cnc(N2CCC(Oc3ncnc(ON=C(C)c4ccc(C)cc4)c3C)CC2)nc1. The molecule has 0 radical (unpaired) electrons. The molecular weight excluding hydrogens is 416 g/mol. The molecule has 1 fully saturated rings. The Labute approximate surface area is 194 Å². The van der Waals surface area contributed by atoms with Gasteiger partial charge >= 0.3 is 0 Å². The third kappa shape index (κ3) is 5.63. The summed E-state index contributed by atoms with van der Waals surface area (Å²) < 4.78 is 6.21. The summed E-state index contributed by atoms with van der Waals surface area (Å²) in [4.78, 5) is 25.4. The fourth-order valence-electron chi connectivity index (χ4n) is 3.61. The third-order valence-corrected chi connectivity index (χ3v) is 5.83. The number of ether oxygens (including phenoxy) is 1. The number of aryl methyl sites for hydroxylation is 2. The van der Waals surface area contributed by atoms with Crippen LogP contribution in [-0.2, 0) is 6.42 Å². The van der Waals surface area contributed by atoms with Gasteiger partial charge in [0.1, 0.15) is 12.4 Å². The van der Waals surface area contributed by atoms with Crippen LogP contribution in [-0.4, -0.2) is 44.8 Å². The summed E-state index contributed by atoms with van der Waals surface area (Å²) >= 11 is 0. The Morgan fingerprint density at radius 3 is 2.33 bits per heavy atom. The van der Waals surface area contributed by atoms with E-state index in [4.69, 9.17) is 9.57 Å². The van der Waals surface area contributed by atoms with Crippen molar-refractivity contribution in [3.8, 4) is 11.8 Å². The standard InChI is InChI=1S/C25H30N6O2/c1-5-20-14-26-25(27-15-20)31-12-10-22(11-13-31)32-23-18(3)24(29-16-28-23)33-30-19(4)21-8-6-17(2)7-9-21/h6-9,14-16,22H,5,10-13H2,1-4H3. The summed E-state index contributed by atoms with van der Waals surface area (Å²) in [6.45, 7) is 9.63. The largest absolute Gasteiger partial charge is 0.474 e. The van der Waals surface area contributed by atoms with Gasteiger partial charge in [0.25, 0.3) is 5.88 Å². The van der Waals surface area contributed by atoms with E-state index in [9.17, 15) is 0 Å². The maximum Gasteiger partial charge on any atom is 0.258 e. The quantitative estimate of drug-likeness (QED) is 0.395. The summed E-state index contributed by atoms with van der Waals surface area (Å²) in [6, 6.07) is 8.14. The lowest BCUT2D eigenvalue weighted by Crippen LogP contribution is -2.39. The second-order valence-corrected chi connectivity index (χ2v) is 8.29. The van der Waals surface area contributed by atoms with Crippen LogP contribution in [0.4, 0.5) is 5.95 Å². The predicted molar refractivity (Wildman–Crippen MR) is 128 cm³/mol. The Morgan fingerprint density at radius 2 is 1.67 bits per heavy atom.